The van der Waals surface area contributed by atoms with Gasteiger partial charge in [-0.3, -0.25) is 0 Å². The van der Waals surface area contributed by atoms with E-state index in [2.05, 4.69) is 27.1 Å². The van der Waals surface area contributed by atoms with Crippen LogP contribution in [0.2, 0.25) is 5.15 Å². The van der Waals surface area contributed by atoms with E-state index >= 15 is 0 Å². The van der Waals surface area contributed by atoms with Gasteiger partial charge in [-0.1, -0.05) is 24.9 Å². The summed E-state index contributed by atoms with van der Waals surface area (Å²) in [5.74, 6) is 2.39. The van der Waals surface area contributed by atoms with Crippen molar-refractivity contribution in [2.45, 2.75) is 26.2 Å². The summed E-state index contributed by atoms with van der Waals surface area (Å²) in [6.07, 6.45) is 3.76. The first-order valence-corrected chi connectivity index (χ1v) is 6.58. The van der Waals surface area contributed by atoms with Gasteiger partial charge in [0.1, 0.15) is 11.0 Å². The number of halogens is 1. The van der Waals surface area contributed by atoms with E-state index in [1.165, 1.54) is 19.3 Å². The maximum atomic E-state index is 5.99. The molecule has 2 heterocycles. The second-order valence-corrected chi connectivity index (χ2v) is 4.85. The zero-order valence-electron chi connectivity index (χ0n) is 10.4. The highest BCUT2D eigenvalue weighted by Gasteiger charge is 2.19. The first-order valence-electron chi connectivity index (χ1n) is 6.20. The number of anilines is 2. The van der Waals surface area contributed by atoms with E-state index in [0.29, 0.717) is 11.1 Å². The average Bonchev–Trinajstić information content (AvgIpc) is 2.38. The van der Waals surface area contributed by atoms with Crippen LogP contribution in [0.3, 0.4) is 0 Å². The second-order valence-electron chi connectivity index (χ2n) is 4.46. The van der Waals surface area contributed by atoms with Crippen LogP contribution in [0.5, 0.6) is 0 Å². The van der Waals surface area contributed by atoms with Gasteiger partial charge in [0.25, 0.3) is 0 Å². The molecule has 1 N–H and O–H groups in total. The highest BCUT2D eigenvalue weighted by Crippen LogP contribution is 2.25. The molecule has 0 aliphatic carbocycles. The molecule has 1 aliphatic rings. The lowest BCUT2D eigenvalue weighted by Crippen LogP contribution is -2.34. The molecule has 0 bridgehead atoms. The number of hydrogen-bond acceptors (Lipinski definition) is 4. The monoisotopic (exact) mass is 254 g/mol. The van der Waals surface area contributed by atoms with Crippen LogP contribution in [0, 0.1) is 5.92 Å². The first kappa shape index (κ1) is 12.4. The molecule has 4 nitrogen and oxygen atoms in total. The number of hydrogen-bond donors (Lipinski definition) is 1. The average molecular weight is 255 g/mol. The van der Waals surface area contributed by atoms with E-state index in [-0.39, 0.29) is 0 Å². The number of piperidine rings is 1. The van der Waals surface area contributed by atoms with Crippen molar-refractivity contribution in [1.29, 1.82) is 0 Å². The smallest absolute Gasteiger partial charge is 0.225 e. The van der Waals surface area contributed by atoms with Crippen LogP contribution >= 0.6 is 11.6 Å². The zero-order valence-corrected chi connectivity index (χ0v) is 11.2. The highest BCUT2D eigenvalue weighted by atomic mass is 35.5. The van der Waals surface area contributed by atoms with Crippen molar-refractivity contribution in [2.24, 2.45) is 5.92 Å². The van der Waals surface area contributed by atoms with Gasteiger partial charge >= 0.3 is 0 Å². The Kier molecular flexibility index (Phi) is 4.05. The van der Waals surface area contributed by atoms with Gasteiger partial charge < -0.3 is 10.2 Å². The Morgan fingerprint density at radius 3 is 2.71 bits per heavy atom. The summed E-state index contributed by atoms with van der Waals surface area (Å²) in [7, 11) is 1.80. The summed E-state index contributed by atoms with van der Waals surface area (Å²) < 4.78 is 0. The second kappa shape index (κ2) is 5.54. The molecule has 1 fully saturated rings. The van der Waals surface area contributed by atoms with E-state index in [4.69, 9.17) is 11.6 Å². The van der Waals surface area contributed by atoms with Gasteiger partial charge in [0.2, 0.25) is 5.95 Å². The lowest BCUT2D eigenvalue weighted by molar-refractivity contribution is 0.394. The Morgan fingerprint density at radius 2 is 2.12 bits per heavy atom. The summed E-state index contributed by atoms with van der Waals surface area (Å²) >= 11 is 5.99. The standard InChI is InChI=1S/C12H19ClN4/c1-3-9-4-6-17(7-5-9)11-8-10(13)15-12(14-2)16-11/h8-9H,3-7H2,1-2H3,(H,14,15,16). The van der Waals surface area contributed by atoms with Gasteiger partial charge in [0.05, 0.1) is 0 Å². The van der Waals surface area contributed by atoms with Crippen LogP contribution < -0.4 is 10.2 Å². The Bertz CT molecular complexity index is 375. The molecular weight excluding hydrogens is 236 g/mol. The van der Waals surface area contributed by atoms with Crippen LogP contribution in [-0.4, -0.2) is 30.1 Å². The van der Waals surface area contributed by atoms with Crippen molar-refractivity contribution in [3.05, 3.63) is 11.2 Å². The maximum absolute atomic E-state index is 5.99. The minimum Gasteiger partial charge on any atom is -0.357 e. The van der Waals surface area contributed by atoms with E-state index in [0.717, 1.165) is 24.8 Å². The summed E-state index contributed by atoms with van der Waals surface area (Å²) in [5.41, 5.74) is 0. The van der Waals surface area contributed by atoms with Gasteiger partial charge in [-0.15, -0.1) is 0 Å². The summed E-state index contributed by atoms with van der Waals surface area (Å²) in [6, 6.07) is 1.84. The Morgan fingerprint density at radius 1 is 1.41 bits per heavy atom. The third-order valence-corrected chi connectivity index (χ3v) is 3.61. The predicted molar refractivity (Wildman–Crippen MR) is 71.8 cm³/mol. The molecule has 1 aromatic heterocycles. The van der Waals surface area contributed by atoms with Gasteiger partial charge in [0.15, 0.2) is 0 Å². The SMILES string of the molecule is CCC1CCN(c2cc(Cl)nc(NC)n2)CC1. The van der Waals surface area contributed by atoms with E-state index in [1.807, 2.05) is 6.07 Å². The Balaban J connectivity index is 2.10. The molecule has 0 aromatic carbocycles. The number of nitrogens with zero attached hydrogens (tertiary/aromatic N) is 3. The van der Waals surface area contributed by atoms with Crippen LogP contribution in [-0.2, 0) is 0 Å². The third kappa shape index (κ3) is 3.00. The van der Waals surface area contributed by atoms with Crippen LogP contribution in [0.25, 0.3) is 0 Å². The first-order chi connectivity index (χ1) is 8.22. The number of nitrogens with one attached hydrogen (secondary N) is 1. The largest absolute Gasteiger partial charge is 0.357 e. The van der Waals surface area contributed by atoms with Crippen molar-refractivity contribution in [3.63, 3.8) is 0 Å². The Hall–Kier alpha value is -1.03. The quantitative estimate of drug-likeness (QED) is 0.843. The summed E-state index contributed by atoms with van der Waals surface area (Å²) in [6.45, 7) is 4.39. The van der Waals surface area contributed by atoms with Crippen molar-refractivity contribution < 1.29 is 0 Å². The molecule has 2 rings (SSSR count). The zero-order chi connectivity index (χ0) is 12.3. The maximum Gasteiger partial charge on any atom is 0.225 e. The Labute approximate surface area is 107 Å². The molecular formula is C12H19ClN4. The predicted octanol–water partition coefficient (Wildman–Crippen LogP) is 2.80. The van der Waals surface area contributed by atoms with Gasteiger partial charge in [-0.25, -0.2) is 4.98 Å². The number of rotatable bonds is 3. The minimum atomic E-state index is 0.497. The molecule has 17 heavy (non-hydrogen) atoms. The van der Waals surface area contributed by atoms with Gasteiger partial charge in [-0.05, 0) is 18.8 Å². The molecule has 0 spiro atoms. The lowest BCUT2D eigenvalue weighted by atomic mass is 9.94. The molecule has 0 unspecified atom stereocenters. The van der Waals surface area contributed by atoms with E-state index < -0.39 is 0 Å². The van der Waals surface area contributed by atoms with Crippen molar-refractivity contribution >= 4 is 23.4 Å². The summed E-state index contributed by atoms with van der Waals surface area (Å²) in [5, 5.41) is 3.43. The van der Waals surface area contributed by atoms with E-state index in [9.17, 15) is 0 Å². The molecule has 5 heteroatoms. The van der Waals surface area contributed by atoms with Crippen molar-refractivity contribution in [2.75, 3.05) is 30.4 Å². The normalized spacial score (nSPS) is 17.2. The molecule has 1 aromatic rings. The topological polar surface area (TPSA) is 41.1 Å². The molecule has 1 saturated heterocycles. The molecule has 94 valence electrons. The molecule has 0 atom stereocenters. The van der Waals surface area contributed by atoms with Crippen molar-refractivity contribution in [1.82, 2.24) is 9.97 Å². The fraction of sp³-hybridized carbons (Fsp3) is 0.667. The van der Waals surface area contributed by atoms with Gasteiger partial charge in [-0.2, -0.15) is 4.98 Å². The third-order valence-electron chi connectivity index (χ3n) is 3.42. The van der Waals surface area contributed by atoms with Crippen LogP contribution in [0.1, 0.15) is 26.2 Å². The molecule has 0 radical (unpaired) electrons. The van der Waals surface area contributed by atoms with Crippen LogP contribution in [0.4, 0.5) is 11.8 Å². The van der Waals surface area contributed by atoms with E-state index in [1.54, 1.807) is 7.05 Å². The number of aromatic nitrogens is 2. The fourth-order valence-electron chi connectivity index (χ4n) is 2.25. The van der Waals surface area contributed by atoms with Crippen molar-refractivity contribution in [3.8, 4) is 0 Å². The minimum absolute atomic E-state index is 0.497. The van der Waals surface area contributed by atoms with Gasteiger partial charge in [0, 0.05) is 26.2 Å². The molecule has 0 saturated carbocycles. The van der Waals surface area contributed by atoms with Crippen LogP contribution in [0.15, 0.2) is 6.07 Å². The fourth-order valence-corrected chi connectivity index (χ4v) is 2.43. The highest BCUT2D eigenvalue weighted by molar-refractivity contribution is 6.29. The lowest BCUT2D eigenvalue weighted by Gasteiger charge is -2.32. The molecule has 0 amide bonds. The summed E-state index contributed by atoms with van der Waals surface area (Å²) in [4.78, 5) is 10.8. The molecule has 1 aliphatic heterocycles.